The number of carbonyl (C=O) groups excluding carboxylic acids is 1. The highest BCUT2D eigenvalue weighted by atomic mass is 35.5. The minimum atomic E-state index is 0.402. The Bertz CT molecular complexity index is 1140. The molecule has 1 N–H and O–H groups in total. The zero-order valence-corrected chi connectivity index (χ0v) is 20.6. The molecule has 0 bridgehead atoms. The van der Waals surface area contributed by atoms with E-state index >= 15 is 0 Å². The van der Waals surface area contributed by atoms with E-state index in [0.29, 0.717) is 22.5 Å². The van der Waals surface area contributed by atoms with Crippen molar-refractivity contribution in [2.45, 2.75) is 31.7 Å². The Hall–Kier alpha value is -2.67. The number of pyridine rings is 2. The summed E-state index contributed by atoms with van der Waals surface area (Å²) in [6.45, 7) is 2.63. The van der Waals surface area contributed by atoms with Crippen molar-refractivity contribution in [2.24, 2.45) is 0 Å². The van der Waals surface area contributed by atoms with Gasteiger partial charge in [0.2, 0.25) is 0 Å². The third-order valence-electron chi connectivity index (χ3n) is 6.02. The van der Waals surface area contributed by atoms with Gasteiger partial charge in [0.25, 0.3) is 0 Å². The van der Waals surface area contributed by atoms with Crippen LogP contribution in [0.2, 0.25) is 10.0 Å². The quantitative estimate of drug-likeness (QED) is 0.471. The summed E-state index contributed by atoms with van der Waals surface area (Å²) in [6, 6.07) is 12.0. The van der Waals surface area contributed by atoms with Crippen LogP contribution in [0.25, 0.3) is 11.1 Å². The summed E-state index contributed by atoms with van der Waals surface area (Å²) >= 11 is 12.1. The summed E-state index contributed by atoms with van der Waals surface area (Å²) in [7, 11) is 2.08. The Morgan fingerprint density at radius 2 is 1.91 bits per heavy atom. The fourth-order valence-corrected chi connectivity index (χ4v) is 4.54. The number of carbonyl (C=O) groups is 1. The van der Waals surface area contributed by atoms with Crippen LogP contribution in [0.1, 0.15) is 24.0 Å². The van der Waals surface area contributed by atoms with Crippen molar-refractivity contribution in [3.63, 3.8) is 0 Å². The third-order valence-corrected chi connectivity index (χ3v) is 6.69. The van der Waals surface area contributed by atoms with E-state index in [1.54, 1.807) is 12.3 Å². The van der Waals surface area contributed by atoms with E-state index in [2.05, 4.69) is 33.3 Å². The monoisotopic (exact) mass is 498 g/mol. The predicted molar refractivity (Wildman–Crippen MR) is 138 cm³/mol. The molecule has 0 unspecified atom stereocenters. The standard InChI is InChI=1S/C18H21ClN4O.C8H7ClO/c1-23-5-2-12-8-13(10-21-18(12)23)15-9-17(20-11-16(15)19)22-14-3-6-24-7-4-14;9-8-4-2-1-3-7(8)5-6-10/h8-11,14H,2-7H2,1H3,(H,20,22);1-4,6H,5H2. The second-order valence-corrected chi connectivity index (χ2v) is 9.24. The molecule has 0 spiro atoms. The number of aldehydes is 1. The Morgan fingerprint density at radius 1 is 1.12 bits per heavy atom. The van der Waals surface area contributed by atoms with Crippen LogP contribution in [-0.2, 0) is 22.4 Å². The Kier molecular flexibility index (Phi) is 8.38. The molecule has 2 aliphatic heterocycles. The van der Waals surface area contributed by atoms with Crippen molar-refractivity contribution in [2.75, 3.05) is 37.0 Å². The van der Waals surface area contributed by atoms with Gasteiger partial charge in [-0.15, -0.1) is 0 Å². The minimum absolute atomic E-state index is 0.402. The summed E-state index contributed by atoms with van der Waals surface area (Å²) in [6.07, 6.45) is 7.92. The Morgan fingerprint density at radius 3 is 2.68 bits per heavy atom. The summed E-state index contributed by atoms with van der Waals surface area (Å²) in [5, 5.41) is 4.81. The van der Waals surface area contributed by atoms with Crippen LogP contribution in [0.3, 0.4) is 0 Å². The highest BCUT2D eigenvalue weighted by Gasteiger charge is 2.19. The van der Waals surface area contributed by atoms with Crippen molar-refractivity contribution in [1.82, 2.24) is 9.97 Å². The normalized spacial score (nSPS) is 15.3. The lowest BCUT2D eigenvalue weighted by molar-refractivity contribution is -0.107. The molecule has 0 amide bonds. The second kappa shape index (κ2) is 11.6. The number of benzene rings is 1. The molecule has 1 saturated heterocycles. The molecule has 3 aromatic rings. The van der Waals surface area contributed by atoms with E-state index in [-0.39, 0.29) is 0 Å². The van der Waals surface area contributed by atoms with E-state index in [9.17, 15) is 4.79 Å². The van der Waals surface area contributed by atoms with Gasteiger partial charge in [0.15, 0.2) is 0 Å². The number of fused-ring (bicyclic) bond motifs is 1. The lowest BCUT2D eigenvalue weighted by Gasteiger charge is -2.23. The molecule has 2 aliphatic rings. The summed E-state index contributed by atoms with van der Waals surface area (Å²) in [5.41, 5.74) is 4.19. The number of nitrogens with one attached hydrogen (secondary N) is 1. The number of anilines is 2. The molecule has 1 fully saturated rings. The maximum absolute atomic E-state index is 10.1. The van der Waals surface area contributed by atoms with Crippen molar-refractivity contribution >= 4 is 41.1 Å². The highest BCUT2D eigenvalue weighted by molar-refractivity contribution is 6.33. The van der Waals surface area contributed by atoms with Gasteiger partial charge in [0.05, 0.1) is 5.02 Å². The first-order valence-corrected chi connectivity index (χ1v) is 12.2. The molecule has 0 saturated carbocycles. The van der Waals surface area contributed by atoms with Crippen LogP contribution in [0.5, 0.6) is 0 Å². The van der Waals surface area contributed by atoms with Gasteiger partial charge in [-0.1, -0.05) is 41.4 Å². The molecular weight excluding hydrogens is 471 g/mol. The number of likely N-dealkylation sites (N-methyl/N-ethyl adjacent to an activating group) is 1. The smallest absolute Gasteiger partial charge is 0.131 e. The van der Waals surface area contributed by atoms with E-state index < -0.39 is 0 Å². The van der Waals surface area contributed by atoms with Gasteiger partial charge in [-0.05, 0) is 48.6 Å². The zero-order valence-electron chi connectivity index (χ0n) is 19.1. The van der Waals surface area contributed by atoms with Crippen molar-refractivity contribution in [3.05, 3.63) is 70.0 Å². The van der Waals surface area contributed by atoms with E-state index in [1.165, 1.54) is 5.56 Å². The fourth-order valence-electron chi connectivity index (χ4n) is 4.12. The molecule has 178 valence electrons. The molecular formula is C26H28Cl2N4O2. The van der Waals surface area contributed by atoms with Crippen molar-refractivity contribution in [3.8, 4) is 11.1 Å². The highest BCUT2D eigenvalue weighted by Crippen LogP contribution is 2.33. The first-order chi connectivity index (χ1) is 16.5. The number of hydrogen-bond acceptors (Lipinski definition) is 6. The van der Waals surface area contributed by atoms with Gasteiger partial charge in [-0.2, -0.15) is 0 Å². The Balaban J connectivity index is 0.000000231. The maximum atomic E-state index is 10.1. The van der Waals surface area contributed by atoms with E-state index in [4.69, 9.17) is 27.9 Å². The van der Waals surface area contributed by atoms with Crippen LogP contribution < -0.4 is 10.2 Å². The van der Waals surface area contributed by atoms with Crippen molar-refractivity contribution < 1.29 is 9.53 Å². The van der Waals surface area contributed by atoms with Gasteiger partial charge in [0.1, 0.15) is 17.9 Å². The number of hydrogen-bond donors (Lipinski definition) is 1. The summed E-state index contributed by atoms with van der Waals surface area (Å²) < 4.78 is 5.41. The first-order valence-electron chi connectivity index (χ1n) is 11.4. The molecule has 1 aromatic carbocycles. The van der Waals surface area contributed by atoms with E-state index in [1.807, 2.05) is 30.5 Å². The van der Waals surface area contributed by atoms with Crippen LogP contribution in [0, 0.1) is 0 Å². The van der Waals surface area contributed by atoms with Crippen LogP contribution in [-0.4, -0.2) is 49.1 Å². The molecule has 2 aromatic heterocycles. The number of nitrogens with zero attached hydrogens (tertiary/aromatic N) is 3. The lowest BCUT2D eigenvalue weighted by Crippen LogP contribution is -2.28. The van der Waals surface area contributed by atoms with Gasteiger partial charge in [0, 0.05) is 67.8 Å². The molecule has 4 heterocycles. The van der Waals surface area contributed by atoms with Gasteiger partial charge in [-0.3, -0.25) is 0 Å². The first kappa shape index (κ1) is 24.5. The average molecular weight is 499 g/mol. The SMILES string of the molecule is CN1CCc2cc(-c3cc(NC4CCOCC4)ncc3Cl)cnc21.O=CCc1ccccc1Cl. The lowest BCUT2D eigenvalue weighted by atomic mass is 10.1. The van der Waals surface area contributed by atoms with E-state index in [0.717, 1.165) is 73.6 Å². The van der Waals surface area contributed by atoms with Crippen LogP contribution in [0.15, 0.2) is 48.8 Å². The van der Waals surface area contributed by atoms with Gasteiger partial charge < -0.3 is 19.7 Å². The Labute approximate surface area is 210 Å². The number of rotatable bonds is 5. The molecule has 5 rings (SSSR count). The second-order valence-electron chi connectivity index (χ2n) is 8.42. The van der Waals surface area contributed by atoms with Gasteiger partial charge >= 0.3 is 0 Å². The summed E-state index contributed by atoms with van der Waals surface area (Å²) in [5.74, 6) is 1.93. The molecule has 34 heavy (non-hydrogen) atoms. The molecule has 8 heteroatoms. The third kappa shape index (κ3) is 6.06. The molecule has 6 nitrogen and oxygen atoms in total. The number of ether oxygens (including phenoxy) is 1. The summed E-state index contributed by atoms with van der Waals surface area (Å²) in [4.78, 5) is 21.3. The van der Waals surface area contributed by atoms with Gasteiger partial charge in [-0.25, -0.2) is 9.97 Å². The average Bonchev–Trinajstić information content (AvgIpc) is 3.23. The largest absolute Gasteiger partial charge is 0.381 e. The molecule has 0 atom stereocenters. The topological polar surface area (TPSA) is 67.3 Å². The molecule has 0 aliphatic carbocycles. The fraction of sp³-hybridized carbons (Fsp3) is 0.346. The van der Waals surface area contributed by atoms with Crippen LogP contribution >= 0.6 is 23.2 Å². The molecule has 0 radical (unpaired) electrons. The number of halogens is 2. The minimum Gasteiger partial charge on any atom is -0.381 e. The maximum Gasteiger partial charge on any atom is 0.131 e. The predicted octanol–water partition coefficient (Wildman–Crippen LogP) is 5.46. The van der Waals surface area contributed by atoms with Crippen LogP contribution in [0.4, 0.5) is 11.6 Å². The zero-order chi connectivity index (χ0) is 23.9. The van der Waals surface area contributed by atoms with Crippen molar-refractivity contribution in [1.29, 1.82) is 0 Å². The number of aromatic nitrogens is 2.